The first-order valence-electron chi connectivity index (χ1n) is 6.73. The third-order valence-corrected chi connectivity index (χ3v) is 3.13. The highest BCUT2D eigenvalue weighted by Gasteiger charge is 2.06. The Kier molecular flexibility index (Phi) is 4.89. The largest absolute Gasteiger partial charge is 0.359 e. The predicted octanol–water partition coefficient (Wildman–Crippen LogP) is 2.10. The van der Waals surface area contributed by atoms with Crippen molar-refractivity contribution in [2.24, 2.45) is 0 Å². The van der Waals surface area contributed by atoms with Gasteiger partial charge >= 0.3 is 0 Å². The van der Waals surface area contributed by atoms with E-state index in [1.54, 1.807) is 55.6 Å². The van der Waals surface area contributed by atoms with Crippen molar-refractivity contribution in [1.29, 1.82) is 5.26 Å². The molecule has 110 valence electrons. The number of rotatable bonds is 4. The van der Waals surface area contributed by atoms with Gasteiger partial charge in [-0.05, 0) is 42.0 Å². The molecule has 2 N–H and O–H groups in total. The van der Waals surface area contributed by atoms with Gasteiger partial charge in [0.1, 0.15) is 0 Å². The molecule has 0 spiro atoms. The molecular weight excluding hydrogens is 278 g/mol. The third-order valence-electron chi connectivity index (χ3n) is 3.13. The smallest absolute Gasteiger partial charge is 0.255 e. The number of hydrogen-bond acceptors (Lipinski definition) is 3. The third kappa shape index (κ3) is 3.93. The summed E-state index contributed by atoms with van der Waals surface area (Å²) in [5.74, 6) is -0.307. The summed E-state index contributed by atoms with van der Waals surface area (Å²) in [6.07, 6.45) is 0.306. The molecule has 0 aliphatic heterocycles. The summed E-state index contributed by atoms with van der Waals surface area (Å²) in [5.41, 5.74) is 2.51. The van der Waals surface area contributed by atoms with Crippen LogP contribution in [0.3, 0.4) is 0 Å². The molecule has 0 fully saturated rings. The van der Waals surface area contributed by atoms with Crippen LogP contribution in [0.5, 0.6) is 0 Å². The molecule has 0 aromatic heterocycles. The van der Waals surface area contributed by atoms with E-state index in [2.05, 4.69) is 10.6 Å². The van der Waals surface area contributed by atoms with E-state index in [9.17, 15) is 9.59 Å². The normalized spacial score (nSPS) is 9.64. The van der Waals surface area contributed by atoms with Gasteiger partial charge in [0.05, 0.1) is 18.1 Å². The average Bonchev–Trinajstić information content (AvgIpc) is 2.56. The van der Waals surface area contributed by atoms with Crippen molar-refractivity contribution in [3.63, 3.8) is 0 Å². The summed E-state index contributed by atoms with van der Waals surface area (Å²) >= 11 is 0. The molecule has 0 radical (unpaired) electrons. The van der Waals surface area contributed by atoms with Crippen molar-refractivity contribution in [3.8, 4) is 6.07 Å². The molecule has 2 rings (SSSR count). The number of benzene rings is 2. The Bertz CT molecular complexity index is 713. The Hall–Kier alpha value is -3.13. The van der Waals surface area contributed by atoms with Crippen molar-refractivity contribution < 1.29 is 9.59 Å². The summed E-state index contributed by atoms with van der Waals surface area (Å²) in [4.78, 5) is 23.3. The van der Waals surface area contributed by atoms with E-state index >= 15 is 0 Å². The van der Waals surface area contributed by atoms with Gasteiger partial charge in [0.2, 0.25) is 5.91 Å². The molecule has 5 nitrogen and oxygen atoms in total. The second kappa shape index (κ2) is 7.04. The summed E-state index contributed by atoms with van der Waals surface area (Å²) < 4.78 is 0. The Balaban J connectivity index is 2.02. The number of nitriles is 1. The van der Waals surface area contributed by atoms with Crippen LogP contribution in [-0.2, 0) is 11.2 Å². The minimum atomic E-state index is -0.247. The van der Waals surface area contributed by atoms with Crippen LogP contribution in [0.25, 0.3) is 0 Å². The lowest BCUT2D eigenvalue weighted by Crippen LogP contribution is -2.19. The lowest BCUT2D eigenvalue weighted by molar-refractivity contribution is -0.119. The van der Waals surface area contributed by atoms with E-state index < -0.39 is 0 Å². The maximum Gasteiger partial charge on any atom is 0.255 e. The Morgan fingerprint density at radius 2 is 1.68 bits per heavy atom. The van der Waals surface area contributed by atoms with Crippen molar-refractivity contribution in [2.45, 2.75) is 6.42 Å². The van der Waals surface area contributed by atoms with Crippen LogP contribution in [-0.4, -0.2) is 18.9 Å². The highest BCUT2D eigenvalue weighted by atomic mass is 16.2. The van der Waals surface area contributed by atoms with Gasteiger partial charge in [-0.1, -0.05) is 12.1 Å². The zero-order valence-electron chi connectivity index (χ0n) is 12.1. The monoisotopic (exact) mass is 293 g/mol. The standard InChI is InChI=1S/C17H15N3O2/c1-19-16(21)10-12-4-8-15(9-5-12)20-17(22)14-6-2-13(11-18)3-7-14/h2-9H,10H2,1H3,(H,19,21)(H,20,22). The molecule has 0 saturated heterocycles. The van der Waals surface area contributed by atoms with Crippen LogP contribution in [0, 0.1) is 11.3 Å². The molecule has 2 aromatic rings. The molecule has 0 saturated carbocycles. The lowest BCUT2D eigenvalue weighted by Gasteiger charge is -2.06. The van der Waals surface area contributed by atoms with Crippen LogP contribution >= 0.6 is 0 Å². The van der Waals surface area contributed by atoms with E-state index in [4.69, 9.17) is 5.26 Å². The summed E-state index contributed by atoms with van der Waals surface area (Å²) in [6.45, 7) is 0. The topological polar surface area (TPSA) is 82.0 Å². The van der Waals surface area contributed by atoms with Gasteiger partial charge in [-0.25, -0.2) is 0 Å². The Morgan fingerprint density at radius 1 is 1.05 bits per heavy atom. The first-order valence-corrected chi connectivity index (χ1v) is 6.73. The van der Waals surface area contributed by atoms with Crippen molar-refractivity contribution in [2.75, 3.05) is 12.4 Å². The fourth-order valence-corrected chi connectivity index (χ4v) is 1.88. The first kappa shape index (κ1) is 15.3. The average molecular weight is 293 g/mol. The molecule has 22 heavy (non-hydrogen) atoms. The van der Waals surface area contributed by atoms with E-state index in [0.29, 0.717) is 23.2 Å². The van der Waals surface area contributed by atoms with Crippen LogP contribution in [0.15, 0.2) is 48.5 Å². The van der Waals surface area contributed by atoms with Gasteiger partial charge in [0.15, 0.2) is 0 Å². The fourth-order valence-electron chi connectivity index (χ4n) is 1.88. The molecular formula is C17H15N3O2. The lowest BCUT2D eigenvalue weighted by atomic mass is 10.1. The predicted molar refractivity (Wildman–Crippen MR) is 83.3 cm³/mol. The van der Waals surface area contributed by atoms with Gasteiger partial charge in [-0.3, -0.25) is 9.59 Å². The molecule has 0 aliphatic rings. The van der Waals surface area contributed by atoms with Gasteiger partial charge in [0.25, 0.3) is 5.91 Å². The second-order valence-electron chi connectivity index (χ2n) is 4.69. The highest BCUT2D eigenvalue weighted by Crippen LogP contribution is 2.12. The van der Waals surface area contributed by atoms with E-state index in [0.717, 1.165) is 5.56 Å². The van der Waals surface area contributed by atoms with Crippen LogP contribution < -0.4 is 10.6 Å². The zero-order valence-corrected chi connectivity index (χ0v) is 12.1. The van der Waals surface area contributed by atoms with Crippen LogP contribution in [0.1, 0.15) is 21.5 Å². The number of nitrogens with one attached hydrogen (secondary N) is 2. The van der Waals surface area contributed by atoms with E-state index in [1.807, 2.05) is 6.07 Å². The van der Waals surface area contributed by atoms with Gasteiger partial charge in [-0.2, -0.15) is 5.26 Å². The Morgan fingerprint density at radius 3 is 2.23 bits per heavy atom. The maximum atomic E-state index is 12.1. The van der Waals surface area contributed by atoms with Crippen molar-refractivity contribution in [1.82, 2.24) is 5.32 Å². The van der Waals surface area contributed by atoms with Crippen molar-refractivity contribution >= 4 is 17.5 Å². The molecule has 0 unspecified atom stereocenters. The molecule has 0 bridgehead atoms. The maximum absolute atomic E-state index is 12.1. The number of carbonyl (C=O) groups excluding carboxylic acids is 2. The summed E-state index contributed by atoms with van der Waals surface area (Å²) in [6, 6.07) is 15.5. The van der Waals surface area contributed by atoms with Crippen molar-refractivity contribution in [3.05, 3.63) is 65.2 Å². The molecule has 0 atom stereocenters. The second-order valence-corrected chi connectivity index (χ2v) is 4.69. The molecule has 2 amide bonds. The van der Waals surface area contributed by atoms with Gasteiger partial charge in [-0.15, -0.1) is 0 Å². The van der Waals surface area contributed by atoms with Crippen LogP contribution in [0.4, 0.5) is 5.69 Å². The van der Waals surface area contributed by atoms with Gasteiger partial charge < -0.3 is 10.6 Å². The van der Waals surface area contributed by atoms with Crippen LogP contribution in [0.2, 0.25) is 0 Å². The van der Waals surface area contributed by atoms with E-state index in [-0.39, 0.29) is 11.8 Å². The van der Waals surface area contributed by atoms with Gasteiger partial charge in [0, 0.05) is 18.3 Å². The molecule has 2 aromatic carbocycles. The first-order chi connectivity index (χ1) is 10.6. The highest BCUT2D eigenvalue weighted by molar-refractivity contribution is 6.04. The number of carbonyl (C=O) groups is 2. The van der Waals surface area contributed by atoms with E-state index in [1.165, 1.54) is 0 Å². The minimum Gasteiger partial charge on any atom is -0.359 e. The SMILES string of the molecule is CNC(=O)Cc1ccc(NC(=O)c2ccc(C#N)cc2)cc1. The molecule has 0 heterocycles. The fraction of sp³-hybridized carbons (Fsp3) is 0.118. The number of nitrogens with zero attached hydrogens (tertiary/aromatic N) is 1. The summed E-state index contributed by atoms with van der Waals surface area (Å²) in [5, 5.41) is 14.1. The zero-order chi connectivity index (χ0) is 15.9. The summed E-state index contributed by atoms with van der Waals surface area (Å²) in [7, 11) is 1.59. The molecule has 5 heteroatoms. The number of likely N-dealkylation sites (N-methyl/N-ethyl adjacent to an activating group) is 1. The number of anilines is 1. The quantitative estimate of drug-likeness (QED) is 0.905. The Labute approximate surface area is 128 Å². The number of hydrogen-bond donors (Lipinski definition) is 2. The minimum absolute atomic E-state index is 0.0608. The number of amides is 2. The molecule has 0 aliphatic carbocycles.